The summed E-state index contributed by atoms with van der Waals surface area (Å²) in [5.41, 5.74) is 7.54. The highest BCUT2D eigenvalue weighted by atomic mass is 16.3. The first kappa shape index (κ1) is 11.6. The van der Waals surface area contributed by atoms with Crippen LogP contribution in [-0.4, -0.2) is 20.3 Å². The van der Waals surface area contributed by atoms with Crippen LogP contribution >= 0.6 is 0 Å². The van der Waals surface area contributed by atoms with Gasteiger partial charge in [-0.1, -0.05) is 12.5 Å². The monoisotopic (exact) mass is 279 g/mol. The maximum atomic E-state index is 9.44. The molecule has 2 aliphatic rings. The normalized spacial score (nSPS) is 18.5. The molecule has 1 fully saturated rings. The third-order valence-electron chi connectivity index (χ3n) is 5.38. The van der Waals surface area contributed by atoms with Gasteiger partial charge in [0.15, 0.2) is 0 Å². The van der Waals surface area contributed by atoms with Crippen LogP contribution in [0.5, 0.6) is 0 Å². The third-order valence-corrected chi connectivity index (χ3v) is 5.38. The van der Waals surface area contributed by atoms with Crippen molar-refractivity contribution in [3.8, 4) is 11.4 Å². The van der Waals surface area contributed by atoms with Gasteiger partial charge in [-0.3, -0.25) is 5.10 Å². The topological polar surface area (TPSA) is 64.7 Å². The lowest BCUT2D eigenvalue weighted by Crippen LogP contribution is -2.38. The molecule has 0 aliphatic heterocycles. The summed E-state index contributed by atoms with van der Waals surface area (Å²) in [5, 5.41) is 18.1. The van der Waals surface area contributed by atoms with Crippen molar-refractivity contribution in [3.05, 3.63) is 41.1 Å². The van der Waals surface area contributed by atoms with E-state index in [1.165, 1.54) is 41.5 Å². The quantitative estimate of drug-likeness (QED) is 0.641. The number of hydrogen-bond acceptors (Lipinski definition) is 2. The van der Waals surface area contributed by atoms with Gasteiger partial charge in [0.1, 0.15) is 0 Å². The zero-order valence-electron chi connectivity index (χ0n) is 11.7. The summed E-state index contributed by atoms with van der Waals surface area (Å²) >= 11 is 0. The Morgan fingerprint density at radius 1 is 1.24 bits per heavy atom. The van der Waals surface area contributed by atoms with Crippen molar-refractivity contribution >= 4 is 10.9 Å². The van der Waals surface area contributed by atoms with Gasteiger partial charge < -0.3 is 10.1 Å². The van der Waals surface area contributed by atoms with E-state index in [4.69, 9.17) is 0 Å². The Hall–Kier alpha value is -2.07. The number of benzene rings is 1. The Bertz CT molecular complexity index is 854. The average molecular weight is 279 g/mol. The van der Waals surface area contributed by atoms with Gasteiger partial charge in [-0.25, -0.2) is 0 Å². The first-order valence-electron chi connectivity index (χ1n) is 7.59. The van der Waals surface area contributed by atoms with E-state index in [9.17, 15) is 5.11 Å². The van der Waals surface area contributed by atoms with E-state index in [0.717, 1.165) is 23.2 Å². The molecular weight excluding hydrogens is 262 g/mol. The number of H-pyrrole nitrogens is 2. The summed E-state index contributed by atoms with van der Waals surface area (Å²) < 4.78 is 0. The minimum absolute atomic E-state index is 0.0954. The van der Waals surface area contributed by atoms with E-state index in [1.807, 2.05) is 12.3 Å². The smallest absolute Gasteiger partial charge is 0.0848 e. The third kappa shape index (κ3) is 1.36. The number of aromatic amines is 2. The molecule has 1 saturated carbocycles. The van der Waals surface area contributed by atoms with Crippen molar-refractivity contribution in [2.24, 2.45) is 0 Å². The summed E-state index contributed by atoms with van der Waals surface area (Å²) in [7, 11) is 0. The molecule has 0 bridgehead atoms. The first-order chi connectivity index (χ1) is 10.3. The molecule has 106 valence electrons. The molecule has 2 aromatic heterocycles. The number of nitrogens with zero attached hydrogens (tertiary/aromatic N) is 1. The highest BCUT2D eigenvalue weighted by Gasteiger charge is 2.46. The van der Waals surface area contributed by atoms with Crippen LogP contribution in [0.4, 0.5) is 0 Å². The van der Waals surface area contributed by atoms with E-state index in [-0.39, 0.29) is 12.0 Å². The molecule has 0 amide bonds. The zero-order chi connectivity index (χ0) is 14.0. The molecule has 0 saturated heterocycles. The molecule has 4 heteroatoms. The SMILES string of the molecule is OCc1ccc2[nH]c3c(c2c1)C1(CCC1)Cc1cn[nH]c1-3. The number of rotatable bonds is 1. The second-order valence-electron chi connectivity index (χ2n) is 6.49. The van der Waals surface area contributed by atoms with E-state index in [0.29, 0.717) is 0 Å². The Morgan fingerprint density at radius 3 is 2.90 bits per heavy atom. The highest BCUT2D eigenvalue weighted by molar-refractivity contribution is 5.93. The van der Waals surface area contributed by atoms with Crippen LogP contribution < -0.4 is 0 Å². The fourth-order valence-electron chi connectivity index (χ4n) is 4.22. The van der Waals surface area contributed by atoms with Crippen molar-refractivity contribution in [1.29, 1.82) is 0 Å². The largest absolute Gasteiger partial charge is 0.392 e. The van der Waals surface area contributed by atoms with Gasteiger partial charge in [-0.05, 0) is 42.5 Å². The molecule has 1 spiro atoms. The van der Waals surface area contributed by atoms with Crippen LogP contribution in [0, 0.1) is 0 Å². The number of hydrogen-bond donors (Lipinski definition) is 3. The van der Waals surface area contributed by atoms with E-state index < -0.39 is 0 Å². The van der Waals surface area contributed by atoms with Crippen LogP contribution in [0.1, 0.15) is 36.0 Å². The van der Waals surface area contributed by atoms with Crippen molar-refractivity contribution in [1.82, 2.24) is 15.2 Å². The minimum atomic E-state index is 0.0954. The number of aliphatic hydroxyl groups is 1. The molecule has 0 radical (unpaired) electrons. The molecule has 4 nitrogen and oxygen atoms in total. The van der Waals surface area contributed by atoms with E-state index in [1.54, 1.807) is 0 Å². The Kier molecular flexibility index (Phi) is 2.08. The second kappa shape index (κ2) is 3.77. The van der Waals surface area contributed by atoms with Gasteiger partial charge in [0.2, 0.25) is 0 Å². The molecule has 2 heterocycles. The maximum Gasteiger partial charge on any atom is 0.0848 e. The number of nitrogens with one attached hydrogen (secondary N) is 2. The van der Waals surface area contributed by atoms with Gasteiger partial charge in [-0.15, -0.1) is 0 Å². The Labute approximate surface area is 122 Å². The predicted molar refractivity (Wildman–Crippen MR) is 81.0 cm³/mol. The predicted octanol–water partition coefficient (Wildman–Crippen LogP) is 3.03. The number of aromatic nitrogens is 3. The van der Waals surface area contributed by atoms with Gasteiger partial charge in [-0.2, -0.15) is 5.10 Å². The summed E-state index contributed by atoms with van der Waals surface area (Å²) in [5.74, 6) is 0. The van der Waals surface area contributed by atoms with Crippen LogP contribution in [0.25, 0.3) is 22.3 Å². The van der Waals surface area contributed by atoms with Crippen molar-refractivity contribution in [3.63, 3.8) is 0 Å². The lowest BCUT2D eigenvalue weighted by Gasteiger charge is -2.45. The molecule has 0 unspecified atom stereocenters. The molecule has 1 aromatic carbocycles. The molecule has 2 aliphatic carbocycles. The van der Waals surface area contributed by atoms with Crippen LogP contribution in [-0.2, 0) is 18.4 Å². The fourth-order valence-corrected chi connectivity index (χ4v) is 4.22. The average Bonchev–Trinajstić information content (AvgIpc) is 3.07. The molecule has 3 aromatic rings. The van der Waals surface area contributed by atoms with Crippen LogP contribution in [0.2, 0.25) is 0 Å². The standard InChI is InChI=1S/C17H17N3O/c21-9-10-2-3-13-12(6-10)14-16(19-13)15-11(8-18-20-15)7-17(14)4-1-5-17/h2-3,6,8,19,21H,1,4-5,7,9H2,(H,18,20). The molecular formula is C17H17N3O. The molecule has 5 rings (SSSR count). The summed E-state index contributed by atoms with van der Waals surface area (Å²) in [6.45, 7) is 0.0954. The van der Waals surface area contributed by atoms with E-state index >= 15 is 0 Å². The minimum Gasteiger partial charge on any atom is -0.392 e. The number of fused-ring (bicyclic) bond motifs is 6. The zero-order valence-corrected chi connectivity index (χ0v) is 11.7. The summed E-state index contributed by atoms with van der Waals surface area (Å²) in [6, 6.07) is 6.22. The second-order valence-corrected chi connectivity index (χ2v) is 6.49. The molecule has 0 atom stereocenters. The summed E-state index contributed by atoms with van der Waals surface area (Å²) in [4.78, 5) is 3.58. The lowest BCUT2D eigenvalue weighted by molar-refractivity contribution is 0.242. The molecule has 3 N–H and O–H groups in total. The van der Waals surface area contributed by atoms with Gasteiger partial charge in [0, 0.05) is 21.9 Å². The number of aliphatic hydroxyl groups excluding tert-OH is 1. The summed E-state index contributed by atoms with van der Waals surface area (Å²) in [6.07, 6.45) is 6.87. The van der Waals surface area contributed by atoms with Gasteiger partial charge in [0.05, 0.1) is 24.2 Å². The van der Waals surface area contributed by atoms with Gasteiger partial charge in [0.25, 0.3) is 0 Å². The van der Waals surface area contributed by atoms with Crippen molar-refractivity contribution < 1.29 is 5.11 Å². The maximum absolute atomic E-state index is 9.44. The van der Waals surface area contributed by atoms with Crippen LogP contribution in [0.15, 0.2) is 24.4 Å². The Balaban J connectivity index is 1.88. The molecule has 21 heavy (non-hydrogen) atoms. The van der Waals surface area contributed by atoms with Gasteiger partial charge >= 0.3 is 0 Å². The van der Waals surface area contributed by atoms with Crippen molar-refractivity contribution in [2.45, 2.75) is 37.7 Å². The van der Waals surface area contributed by atoms with E-state index in [2.05, 4.69) is 27.3 Å². The Morgan fingerprint density at radius 2 is 2.14 bits per heavy atom. The lowest BCUT2D eigenvalue weighted by atomic mass is 9.58. The fraction of sp³-hybridized carbons (Fsp3) is 0.353. The van der Waals surface area contributed by atoms with Crippen molar-refractivity contribution in [2.75, 3.05) is 0 Å². The van der Waals surface area contributed by atoms with Crippen LogP contribution in [0.3, 0.4) is 0 Å². The first-order valence-corrected chi connectivity index (χ1v) is 7.59. The highest BCUT2D eigenvalue weighted by Crippen LogP contribution is 2.55.